The number of amides is 1. The first-order chi connectivity index (χ1) is 11.7. The van der Waals surface area contributed by atoms with Crippen molar-refractivity contribution in [1.82, 2.24) is 9.62 Å². The Morgan fingerprint density at radius 2 is 1.81 bits per heavy atom. The molecule has 1 atom stereocenters. The molecule has 1 saturated heterocycles. The van der Waals surface area contributed by atoms with Gasteiger partial charge in [-0.05, 0) is 62.8 Å². The molecule has 0 radical (unpaired) electrons. The molecule has 2 rings (SSSR count). The Balaban J connectivity index is 0.00000338. The number of nitrogens with two attached hydrogens (primary N) is 1. The summed E-state index contributed by atoms with van der Waals surface area (Å²) in [5, 5.41) is 2.77. The van der Waals surface area contributed by atoms with Crippen molar-refractivity contribution in [2.75, 3.05) is 26.2 Å². The van der Waals surface area contributed by atoms with E-state index in [9.17, 15) is 13.2 Å². The van der Waals surface area contributed by atoms with Gasteiger partial charge in [0.05, 0.1) is 10.8 Å². The molecule has 1 fully saturated rings. The van der Waals surface area contributed by atoms with E-state index in [1.54, 1.807) is 0 Å². The summed E-state index contributed by atoms with van der Waals surface area (Å²) in [6.07, 6.45) is 1.38. The van der Waals surface area contributed by atoms with Crippen molar-refractivity contribution in [1.29, 1.82) is 0 Å². The smallest absolute Gasteiger partial charge is 0.243 e. The number of aryl methyl sites for hydroxylation is 2. The van der Waals surface area contributed by atoms with Gasteiger partial charge in [0.2, 0.25) is 15.9 Å². The third kappa shape index (κ3) is 4.57. The van der Waals surface area contributed by atoms with Crippen LogP contribution in [0, 0.1) is 33.6 Å². The van der Waals surface area contributed by atoms with Crippen LogP contribution in [0.25, 0.3) is 0 Å². The molecule has 0 aliphatic carbocycles. The van der Waals surface area contributed by atoms with Crippen molar-refractivity contribution < 1.29 is 13.2 Å². The van der Waals surface area contributed by atoms with E-state index in [4.69, 9.17) is 5.73 Å². The molecule has 1 amide bonds. The first kappa shape index (κ1) is 22.9. The largest absolute Gasteiger partial charge is 0.355 e. The van der Waals surface area contributed by atoms with Crippen LogP contribution < -0.4 is 11.1 Å². The standard InChI is InChI=1S/C18H29N3O3S.ClH/c1-12-10-13(2)15(4)17(14(12)3)25(23,24)21-9-5-6-16(11-21)18(22)20-8-7-19;/h10,16H,5-9,11,19H2,1-4H3,(H,20,22);1H. The fraction of sp³-hybridized carbons (Fsp3) is 0.611. The van der Waals surface area contributed by atoms with Crippen molar-refractivity contribution in [3.05, 3.63) is 28.3 Å². The molecular weight excluding hydrogens is 374 g/mol. The maximum Gasteiger partial charge on any atom is 0.243 e. The molecule has 1 heterocycles. The lowest BCUT2D eigenvalue weighted by Gasteiger charge is -2.32. The third-order valence-corrected chi connectivity index (χ3v) is 7.23. The van der Waals surface area contributed by atoms with Crippen LogP contribution in [0.3, 0.4) is 0 Å². The van der Waals surface area contributed by atoms with Crippen molar-refractivity contribution in [2.24, 2.45) is 11.7 Å². The highest BCUT2D eigenvalue weighted by Gasteiger charge is 2.35. The van der Waals surface area contributed by atoms with E-state index in [1.165, 1.54) is 4.31 Å². The molecule has 26 heavy (non-hydrogen) atoms. The van der Waals surface area contributed by atoms with Crippen LogP contribution in [0.5, 0.6) is 0 Å². The van der Waals surface area contributed by atoms with Crippen molar-refractivity contribution >= 4 is 28.3 Å². The molecule has 1 unspecified atom stereocenters. The minimum absolute atomic E-state index is 0. The Morgan fingerprint density at radius 1 is 1.23 bits per heavy atom. The number of carbonyl (C=O) groups excluding carboxylic acids is 1. The predicted molar refractivity (Wildman–Crippen MR) is 106 cm³/mol. The second-order valence-corrected chi connectivity index (χ2v) is 8.75. The number of rotatable bonds is 5. The van der Waals surface area contributed by atoms with Crippen LogP contribution in [0.15, 0.2) is 11.0 Å². The van der Waals surface area contributed by atoms with Crippen molar-refractivity contribution in [2.45, 2.75) is 45.4 Å². The molecule has 0 spiro atoms. The van der Waals surface area contributed by atoms with Gasteiger partial charge in [-0.25, -0.2) is 8.42 Å². The zero-order valence-corrected chi connectivity index (χ0v) is 17.6. The number of hydrogen-bond acceptors (Lipinski definition) is 4. The monoisotopic (exact) mass is 403 g/mol. The van der Waals surface area contributed by atoms with Crippen LogP contribution in [0.1, 0.15) is 35.1 Å². The maximum atomic E-state index is 13.3. The van der Waals surface area contributed by atoms with Crippen molar-refractivity contribution in [3.63, 3.8) is 0 Å². The maximum absolute atomic E-state index is 13.3. The quantitative estimate of drug-likeness (QED) is 0.784. The molecule has 8 heteroatoms. The summed E-state index contributed by atoms with van der Waals surface area (Å²) in [5.41, 5.74) is 8.94. The van der Waals surface area contributed by atoms with E-state index in [2.05, 4.69) is 5.32 Å². The molecule has 0 saturated carbocycles. The van der Waals surface area contributed by atoms with Crippen molar-refractivity contribution in [3.8, 4) is 0 Å². The lowest BCUT2D eigenvalue weighted by atomic mass is 9.99. The molecule has 0 aromatic heterocycles. The average molecular weight is 404 g/mol. The normalized spacial score (nSPS) is 18.3. The van der Waals surface area contributed by atoms with Crippen LogP contribution in [-0.2, 0) is 14.8 Å². The lowest BCUT2D eigenvalue weighted by Crippen LogP contribution is -2.46. The molecule has 6 nitrogen and oxygen atoms in total. The fourth-order valence-electron chi connectivity index (χ4n) is 3.41. The zero-order chi connectivity index (χ0) is 18.8. The van der Waals surface area contributed by atoms with E-state index in [0.29, 0.717) is 37.4 Å². The van der Waals surface area contributed by atoms with E-state index in [1.807, 2.05) is 33.8 Å². The van der Waals surface area contributed by atoms with Gasteiger partial charge >= 0.3 is 0 Å². The summed E-state index contributed by atoms with van der Waals surface area (Å²) in [7, 11) is -3.63. The second-order valence-electron chi connectivity index (χ2n) is 6.87. The van der Waals surface area contributed by atoms with E-state index >= 15 is 0 Å². The fourth-order valence-corrected chi connectivity index (χ4v) is 5.51. The molecule has 1 aromatic rings. The Hall–Kier alpha value is -1.15. The molecule has 1 aliphatic heterocycles. The van der Waals surface area contributed by atoms with Gasteiger partial charge in [0.1, 0.15) is 0 Å². The topological polar surface area (TPSA) is 92.5 Å². The number of benzene rings is 1. The highest BCUT2D eigenvalue weighted by molar-refractivity contribution is 7.89. The summed E-state index contributed by atoms with van der Waals surface area (Å²) < 4.78 is 28.0. The summed E-state index contributed by atoms with van der Waals surface area (Å²) in [6, 6.07) is 2.02. The van der Waals surface area contributed by atoms with E-state index < -0.39 is 10.0 Å². The summed E-state index contributed by atoms with van der Waals surface area (Å²) in [4.78, 5) is 12.6. The molecule has 0 bridgehead atoms. The number of nitrogens with zero attached hydrogens (tertiary/aromatic N) is 1. The van der Waals surface area contributed by atoms with Crippen LogP contribution in [-0.4, -0.2) is 44.8 Å². The van der Waals surface area contributed by atoms with Crippen LogP contribution >= 0.6 is 12.4 Å². The van der Waals surface area contributed by atoms with Gasteiger partial charge < -0.3 is 11.1 Å². The van der Waals surface area contributed by atoms with Gasteiger partial charge in [-0.2, -0.15) is 4.31 Å². The van der Waals surface area contributed by atoms with Crippen LogP contribution in [0.4, 0.5) is 0 Å². The minimum Gasteiger partial charge on any atom is -0.355 e. The van der Waals surface area contributed by atoms with Crippen LogP contribution in [0.2, 0.25) is 0 Å². The van der Waals surface area contributed by atoms with Gasteiger partial charge in [0, 0.05) is 26.2 Å². The Labute approximate surface area is 163 Å². The average Bonchev–Trinajstić information content (AvgIpc) is 2.58. The van der Waals surface area contributed by atoms with E-state index in [0.717, 1.165) is 22.3 Å². The molecule has 148 valence electrons. The number of hydrogen-bond donors (Lipinski definition) is 2. The SMILES string of the molecule is Cc1cc(C)c(C)c(S(=O)(=O)N2CCCC(C(=O)NCCN)C2)c1C.Cl. The number of carbonyl (C=O) groups is 1. The molecule has 1 aromatic carbocycles. The third-order valence-electron chi connectivity index (χ3n) is 5.09. The van der Waals surface area contributed by atoms with Gasteiger partial charge in [0.15, 0.2) is 0 Å². The Morgan fingerprint density at radius 3 is 2.35 bits per heavy atom. The Kier molecular flexibility index (Phi) is 8.07. The number of sulfonamides is 1. The molecule has 3 N–H and O–H groups in total. The summed E-state index contributed by atoms with van der Waals surface area (Å²) in [6.45, 7) is 9.03. The summed E-state index contributed by atoms with van der Waals surface area (Å²) >= 11 is 0. The first-order valence-corrected chi connectivity index (χ1v) is 10.2. The number of nitrogens with one attached hydrogen (secondary N) is 1. The molecule has 1 aliphatic rings. The van der Waals surface area contributed by atoms with Gasteiger partial charge in [-0.3, -0.25) is 4.79 Å². The highest BCUT2D eigenvalue weighted by Crippen LogP contribution is 2.31. The highest BCUT2D eigenvalue weighted by atomic mass is 35.5. The number of piperidine rings is 1. The Bertz CT molecular complexity index is 739. The summed E-state index contributed by atoms with van der Waals surface area (Å²) in [5.74, 6) is -0.430. The van der Waals surface area contributed by atoms with Gasteiger partial charge in [0.25, 0.3) is 0 Å². The van der Waals surface area contributed by atoms with E-state index in [-0.39, 0.29) is 30.8 Å². The van der Waals surface area contributed by atoms with Gasteiger partial charge in [-0.1, -0.05) is 6.07 Å². The predicted octanol–water partition coefficient (Wildman–Crippen LogP) is 1.82. The first-order valence-electron chi connectivity index (χ1n) is 8.75. The van der Waals surface area contributed by atoms with Gasteiger partial charge in [-0.15, -0.1) is 12.4 Å². The second kappa shape index (κ2) is 9.17. The number of halogens is 1. The molecular formula is C18H30ClN3O3S. The lowest BCUT2D eigenvalue weighted by molar-refractivity contribution is -0.126. The minimum atomic E-state index is -3.63. The zero-order valence-electron chi connectivity index (χ0n) is 16.0.